The van der Waals surface area contributed by atoms with Crippen LogP contribution < -0.4 is 0 Å². The summed E-state index contributed by atoms with van der Waals surface area (Å²) in [6.45, 7) is 0. The fourth-order valence-corrected chi connectivity index (χ4v) is 2.78. The lowest BCUT2D eigenvalue weighted by atomic mass is 10.2. The van der Waals surface area contributed by atoms with Crippen molar-refractivity contribution in [3.63, 3.8) is 0 Å². The molecule has 0 atom stereocenters. The van der Waals surface area contributed by atoms with Crippen LogP contribution in [0.15, 0.2) is 22.0 Å². The normalized spacial score (nSPS) is 10.7. The van der Waals surface area contributed by atoms with E-state index >= 15 is 0 Å². The highest BCUT2D eigenvalue weighted by molar-refractivity contribution is 9.11. The van der Waals surface area contributed by atoms with E-state index in [9.17, 15) is 14.5 Å². The van der Waals surface area contributed by atoms with E-state index < -0.39 is 10.7 Å². The van der Waals surface area contributed by atoms with Crippen molar-refractivity contribution >= 4 is 43.0 Å². The Kier molecular flexibility index (Phi) is 2.24. The maximum atomic E-state index is 13.3. The summed E-state index contributed by atoms with van der Waals surface area (Å²) in [4.78, 5) is 10.1. The number of benzene rings is 1. The summed E-state index contributed by atoms with van der Waals surface area (Å²) < 4.78 is 14.0. The van der Waals surface area contributed by atoms with Gasteiger partial charge in [-0.1, -0.05) is 12.1 Å². The number of halogens is 2. The van der Waals surface area contributed by atoms with Gasteiger partial charge >= 0.3 is 0 Å². The van der Waals surface area contributed by atoms with E-state index in [-0.39, 0.29) is 11.1 Å². The lowest BCUT2D eigenvalue weighted by molar-refractivity contribution is -0.382. The van der Waals surface area contributed by atoms with Crippen molar-refractivity contribution in [1.82, 2.24) is 0 Å². The second-order valence-electron chi connectivity index (χ2n) is 2.60. The maximum absolute atomic E-state index is 13.3. The van der Waals surface area contributed by atoms with Crippen molar-refractivity contribution < 1.29 is 9.31 Å². The van der Waals surface area contributed by atoms with Crippen LogP contribution >= 0.6 is 27.3 Å². The Balaban J connectivity index is 2.88. The van der Waals surface area contributed by atoms with Gasteiger partial charge in [0.15, 0.2) is 5.82 Å². The molecule has 0 spiro atoms. The molecule has 72 valence electrons. The van der Waals surface area contributed by atoms with Crippen LogP contribution in [0.2, 0.25) is 0 Å². The molecule has 0 N–H and O–H groups in total. The monoisotopic (exact) mass is 275 g/mol. The number of thiophene rings is 1. The highest BCUT2D eigenvalue weighted by atomic mass is 79.9. The van der Waals surface area contributed by atoms with Gasteiger partial charge in [0.05, 0.1) is 4.92 Å². The molecule has 3 nitrogen and oxygen atoms in total. The Labute approximate surface area is 90.4 Å². The van der Waals surface area contributed by atoms with Gasteiger partial charge in [-0.25, -0.2) is 4.39 Å². The van der Waals surface area contributed by atoms with E-state index in [2.05, 4.69) is 15.9 Å². The molecular formula is C8H3BrFNO2S. The molecule has 0 fully saturated rings. The summed E-state index contributed by atoms with van der Waals surface area (Å²) in [5.41, 5.74) is -0.0582. The topological polar surface area (TPSA) is 43.1 Å². The van der Waals surface area contributed by atoms with Gasteiger partial charge in [0.1, 0.15) is 8.49 Å². The van der Waals surface area contributed by atoms with Crippen molar-refractivity contribution in [1.29, 1.82) is 0 Å². The first-order valence-corrected chi connectivity index (χ1v) is 5.23. The zero-order valence-electron chi connectivity index (χ0n) is 6.66. The molecule has 0 amide bonds. The molecule has 0 aliphatic heterocycles. The van der Waals surface area contributed by atoms with Crippen LogP contribution in [-0.4, -0.2) is 4.92 Å². The zero-order chi connectivity index (χ0) is 10.3. The number of nitro benzene ring substituents is 1. The van der Waals surface area contributed by atoms with E-state index in [1.165, 1.54) is 18.2 Å². The lowest BCUT2D eigenvalue weighted by Gasteiger charge is -1.91. The van der Waals surface area contributed by atoms with Crippen molar-refractivity contribution in [3.05, 3.63) is 37.9 Å². The Morgan fingerprint density at radius 3 is 2.86 bits per heavy atom. The number of non-ortho nitro benzene ring substituents is 1. The van der Waals surface area contributed by atoms with Gasteiger partial charge in [-0.2, -0.15) is 0 Å². The first-order valence-electron chi connectivity index (χ1n) is 3.62. The van der Waals surface area contributed by atoms with Gasteiger partial charge in [-0.3, -0.25) is 10.1 Å². The number of hydrogen-bond acceptors (Lipinski definition) is 3. The average molecular weight is 276 g/mol. The maximum Gasteiger partial charge on any atom is 0.287 e. The van der Waals surface area contributed by atoms with Crippen LogP contribution in [0.25, 0.3) is 10.1 Å². The minimum Gasteiger partial charge on any atom is -0.258 e. The van der Waals surface area contributed by atoms with E-state index in [4.69, 9.17) is 0 Å². The first-order chi connectivity index (χ1) is 6.61. The molecule has 2 rings (SSSR count). The van der Waals surface area contributed by atoms with Crippen LogP contribution in [0.4, 0.5) is 10.1 Å². The molecule has 0 aliphatic carbocycles. The molecule has 0 saturated carbocycles. The molecule has 0 radical (unpaired) electrons. The van der Waals surface area contributed by atoms with Gasteiger partial charge in [0.25, 0.3) is 5.69 Å². The standard InChI is InChI=1S/C8H3BrFNO2S/c9-8-6(10)4-2-1-3-5(11(12)13)7(4)14-8/h1-3H. The molecule has 2 aromatic rings. The second kappa shape index (κ2) is 3.29. The van der Waals surface area contributed by atoms with Gasteiger partial charge in [-0.15, -0.1) is 11.3 Å². The summed E-state index contributed by atoms with van der Waals surface area (Å²) >= 11 is 4.05. The summed E-state index contributed by atoms with van der Waals surface area (Å²) in [5, 5.41) is 10.9. The molecule has 6 heteroatoms. The van der Waals surface area contributed by atoms with Crippen molar-refractivity contribution in [3.8, 4) is 0 Å². The zero-order valence-corrected chi connectivity index (χ0v) is 9.06. The van der Waals surface area contributed by atoms with E-state index in [0.717, 1.165) is 11.3 Å². The number of nitrogens with zero attached hydrogens (tertiary/aromatic N) is 1. The summed E-state index contributed by atoms with van der Waals surface area (Å²) in [6.07, 6.45) is 0. The molecule has 1 aromatic heterocycles. The van der Waals surface area contributed by atoms with Gasteiger partial charge in [0.2, 0.25) is 0 Å². The Morgan fingerprint density at radius 1 is 1.50 bits per heavy atom. The lowest BCUT2D eigenvalue weighted by Crippen LogP contribution is -1.86. The van der Waals surface area contributed by atoms with Crippen molar-refractivity contribution in [2.45, 2.75) is 0 Å². The van der Waals surface area contributed by atoms with Crippen molar-refractivity contribution in [2.24, 2.45) is 0 Å². The first kappa shape index (κ1) is 9.54. The van der Waals surface area contributed by atoms with E-state index in [0.29, 0.717) is 8.49 Å². The number of hydrogen-bond donors (Lipinski definition) is 0. The number of rotatable bonds is 1. The highest BCUT2D eigenvalue weighted by Crippen LogP contribution is 2.38. The van der Waals surface area contributed by atoms with Crippen LogP contribution in [-0.2, 0) is 0 Å². The van der Waals surface area contributed by atoms with E-state index in [1.807, 2.05) is 0 Å². The molecule has 0 bridgehead atoms. The van der Waals surface area contributed by atoms with Crippen LogP contribution in [0, 0.1) is 15.9 Å². The number of nitro groups is 1. The fourth-order valence-electron chi connectivity index (χ4n) is 1.19. The quantitative estimate of drug-likeness (QED) is 0.588. The Hall–Kier alpha value is -1.01. The molecular weight excluding hydrogens is 273 g/mol. The van der Waals surface area contributed by atoms with Crippen molar-refractivity contribution in [2.75, 3.05) is 0 Å². The third-order valence-electron chi connectivity index (χ3n) is 1.79. The molecule has 0 saturated heterocycles. The van der Waals surface area contributed by atoms with Crippen LogP contribution in [0.3, 0.4) is 0 Å². The second-order valence-corrected chi connectivity index (χ2v) is 4.94. The molecule has 0 aliphatic rings. The van der Waals surface area contributed by atoms with Gasteiger partial charge in [-0.05, 0) is 15.9 Å². The molecule has 1 aromatic carbocycles. The van der Waals surface area contributed by atoms with Crippen LogP contribution in [0.1, 0.15) is 0 Å². The third kappa shape index (κ3) is 1.31. The minimum atomic E-state index is -0.509. The fraction of sp³-hybridized carbons (Fsp3) is 0. The molecule has 14 heavy (non-hydrogen) atoms. The third-order valence-corrected chi connectivity index (χ3v) is 3.62. The largest absolute Gasteiger partial charge is 0.287 e. The number of fused-ring (bicyclic) bond motifs is 1. The minimum absolute atomic E-state index is 0.0582. The Bertz CT molecular complexity index is 525. The summed E-state index contributed by atoms with van der Waals surface area (Å²) in [5.74, 6) is -0.436. The van der Waals surface area contributed by atoms with Crippen LogP contribution in [0.5, 0.6) is 0 Å². The SMILES string of the molecule is O=[N+]([O-])c1cccc2c(F)c(Br)sc12. The molecule has 0 unspecified atom stereocenters. The smallest absolute Gasteiger partial charge is 0.258 e. The predicted octanol–water partition coefficient (Wildman–Crippen LogP) is 3.71. The summed E-state index contributed by atoms with van der Waals surface area (Å²) in [7, 11) is 0. The summed E-state index contributed by atoms with van der Waals surface area (Å²) in [6, 6.07) is 4.37. The highest BCUT2D eigenvalue weighted by Gasteiger charge is 2.18. The Morgan fingerprint density at radius 2 is 2.21 bits per heavy atom. The van der Waals surface area contributed by atoms with Gasteiger partial charge in [0, 0.05) is 11.5 Å². The predicted molar refractivity (Wildman–Crippen MR) is 56.1 cm³/mol. The average Bonchev–Trinajstić information content (AvgIpc) is 2.43. The molecule has 1 heterocycles. The van der Waals surface area contributed by atoms with E-state index in [1.54, 1.807) is 0 Å². The van der Waals surface area contributed by atoms with Gasteiger partial charge < -0.3 is 0 Å².